The Balaban J connectivity index is 1.34. The number of para-hydroxylation sites is 1. The van der Waals surface area contributed by atoms with Gasteiger partial charge in [0.2, 0.25) is 0 Å². The first kappa shape index (κ1) is 16.3. The smallest absolute Gasteiger partial charge is 0.181 e. The summed E-state index contributed by atoms with van der Waals surface area (Å²) in [4.78, 5) is 0. The van der Waals surface area contributed by atoms with Gasteiger partial charge in [0, 0.05) is 5.92 Å². The molecular weight excluding hydrogens is 338 g/mol. The van der Waals surface area contributed by atoms with E-state index < -0.39 is 0 Å². The minimum absolute atomic E-state index is 0.301. The molecule has 2 aromatic rings. The summed E-state index contributed by atoms with van der Waals surface area (Å²) in [7, 11) is 0. The Kier molecular flexibility index (Phi) is 4.05. The van der Waals surface area contributed by atoms with E-state index in [-0.39, 0.29) is 6.29 Å². The normalized spacial score (nSPS) is 24.9. The fraction of sp³-hybridized carbons (Fsp3) is 0.261. The predicted octanol–water partition coefficient (Wildman–Crippen LogP) is 4.73. The van der Waals surface area contributed by atoms with Crippen LogP contribution in [0.5, 0.6) is 11.5 Å². The third-order valence-corrected chi connectivity index (χ3v) is 5.55. The third-order valence-electron chi connectivity index (χ3n) is 5.55. The first-order chi connectivity index (χ1) is 13.3. The standard InChI is InChI=1S/C23H19NO3/c24-12-19-17(5-4-8-21(19)27-18-6-2-1-3-7-18)13-25-23-22-16-10-9-15(11-16)20(22)14-26-23/h1-10,15,20,23H,11,13-14H2/t15?,20?,23-/m0/s1. The lowest BCUT2D eigenvalue weighted by Crippen LogP contribution is -2.15. The molecule has 5 rings (SSSR count). The number of ether oxygens (including phenoxy) is 3. The molecule has 2 bridgehead atoms. The van der Waals surface area contributed by atoms with Crippen molar-refractivity contribution in [2.75, 3.05) is 6.61 Å². The fourth-order valence-electron chi connectivity index (χ4n) is 4.24. The summed E-state index contributed by atoms with van der Waals surface area (Å²) in [5, 5.41) is 9.67. The number of allylic oxidation sites excluding steroid dienone is 3. The fourth-order valence-corrected chi connectivity index (χ4v) is 4.24. The van der Waals surface area contributed by atoms with E-state index in [1.54, 1.807) is 0 Å². The van der Waals surface area contributed by atoms with Gasteiger partial charge in [0.1, 0.15) is 23.1 Å². The maximum absolute atomic E-state index is 9.67. The second-order valence-corrected chi connectivity index (χ2v) is 7.11. The molecule has 4 nitrogen and oxygen atoms in total. The highest BCUT2D eigenvalue weighted by atomic mass is 16.7. The highest BCUT2D eigenvalue weighted by molar-refractivity contribution is 5.50. The lowest BCUT2D eigenvalue weighted by Gasteiger charge is -2.17. The first-order valence-corrected chi connectivity index (χ1v) is 9.22. The van der Waals surface area contributed by atoms with Gasteiger partial charge in [0.05, 0.1) is 13.2 Å². The van der Waals surface area contributed by atoms with Gasteiger partial charge >= 0.3 is 0 Å². The van der Waals surface area contributed by atoms with Gasteiger partial charge < -0.3 is 14.2 Å². The van der Waals surface area contributed by atoms with Crippen LogP contribution in [-0.4, -0.2) is 12.9 Å². The molecule has 1 saturated heterocycles. The summed E-state index contributed by atoms with van der Waals surface area (Å²) < 4.78 is 17.9. The molecule has 3 atom stereocenters. The van der Waals surface area contributed by atoms with Crippen molar-refractivity contribution in [2.45, 2.75) is 19.3 Å². The SMILES string of the molecule is N#Cc1c(CO[C@H]2OCC3C2=C2C=CC3C2)cccc1Oc1ccccc1. The molecule has 1 aliphatic heterocycles. The van der Waals surface area contributed by atoms with Gasteiger partial charge in [-0.25, -0.2) is 0 Å². The molecule has 27 heavy (non-hydrogen) atoms. The number of benzene rings is 2. The Hall–Kier alpha value is -2.87. The van der Waals surface area contributed by atoms with Crippen LogP contribution < -0.4 is 4.74 Å². The molecular formula is C23H19NO3. The van der Waals surface area contributed by atoms with Crippen molar-refractivity contribution >= 4 is 0 Å². The lowest BCUT2D eigenvalue weighted by molar-refractivity contribution is -0.102. The van der Waals surface area contributed by atoms with Gasteiger partial charge in [-0.15, -0.1) is 0 Å². The van der Waals surface area contributed by atoms with Crippen molar-refractivity contribution in [1.82, 2.24) is 0 Å². The van der Waals surface area contributed by atoms with Crippen LogP contribution in [0.1, 0.15) is 17.5 Å². The molecule has 0 N–H and O–H groups in total. The van der Waals surface area contributed by atoms with Gasteiger partial charge in [-0.05, 0) is 47.2 Å². The van der Waals surface area contributed by atoms with Crippen LogP contribution >= 0.6 is 0 Å². The van der Waals surface area contributed by atoms with Crippen molar-refractivity contribution in [3.05, 3.63) is 83.0 Å². The molecule has 3 aliphatic rings. The second kappa shape index (κ2) is 6.70. The average Bonchev–Trinajstić information content (AvgIpc) is 3.41. The van der Waals surface area contributed by atoms with Crippen LogP contribution in [0, 0.1) is 23.2 Å². The number of rotatable bonds is 5. The van der Waals surface area contributed by atoms with E-state index in [4.69, 9.17) is 14.2 Å². The zero-order valence-electron chi connectivity index (χ0n) is 14.8. The Labute approximate surface area is 158 Å². The van der Waals surface area contributed by atoms with E-state index in [0.717, 1.165) is 18.6 Å². The monoisotopic (exact) mass is 357 g/mol. The van der Waals surface area contributed by atoms with Crippen LogP contribution in [0.25, 0.3) is 0 Å². The van der Waals surface area contributed by atoms with E-state index in [9.17, 15) is 5.26 Å². The molecule has 4 heteroatoms. The molecule has 0 radical (unpaired) electrons. The van der Waals surface area contributed by atoms with Crippen LogP contribution in [0.15, 0.2) is 71.8 Å². The summed E-state index contributed by atoms with van der Waals surface area (Å²) in [6, 6.07) is 17.3. The Morgan fingerprint density at radius 1 is 1.11 bits per heavy atom. The van der Waals surface area contributed by atoms with Gasteiger partial charge in [-0.3, -0.25) is 0 Å². The van der Waals surface area contributed by atoms with E-state index in [2.05, 4.69) is 18.2 Å². The number of fused-ring (bicyclic) bond motifs is 4. The van der Waals surface area contributed by atoms with E-state index in [1.807, 2.05) is 48.5 Å². The molecule has 0 spiro atoms. The van der Waals surface area contributed by atoms with Crippen LogP contribution in [0.3, 0.4) is 0 Å². The summed E-state index contributed by atoms with van der Waals surface area (Å²) in [5.74, 6) is 2.30. The summed E-state index contributed by atoms with van der Waals surface area (Å²) in [5.41, 5.74) is 3.98. The molecule has 1 fully saturated rings. The van der Waals surface area contributed by atoms with Gasteiger partial charge in [0.15, 0.2) is 6.29 Å². The number of hydrogen-bond donors (Lipinski definition) is 0. The largest absolute Gasteiger partial charge is 0.456 e. The Morgan fingerprint density at radius 3 is 2.85 bits per heavy atom. The zero-order valence-corrected chi connectivity index (χ0v) is 14.8. The maximum Gasteiger partial charge on any atom is 0.181 e. The van der Waals surface area contributed by atoms with Crippen LogP contribution in [-0.2, 0) is 16.1 Å². The molecule has 0 aromatic heterocycles. The van der Waals surface area contributed by atoms with Crippen LogP contribution in [0.4, 0.5) is 0 Å². The second-order valence-electron chi connectivity index (χ2n) is 7.11. The van der Waals surface area contributed by atoms with Crippen molar-refractivity contribution in [3.63, 3.8) is 0 Å². The van der Waals surface area contributed by atoms with Crippen molar-refractivity contribution < 1.29 is 14.2 Å². The molecule has 2 aliphatic carbocycles. The average molecular weight is 357 g/mol. The summed E-state index contributed by atoms with van der Waals surface area (Å²) in [6.07, 6.45) is 5.31. The van der Waals surface area contributed by atoms with Gasteiger partial charge in [-0.2, -0.15) is 5.26 Å². The lowest BCUT2D eigenvalue weighted by atomic mass is 9.92. The maximum atomic E-state index is 9.67. The number of nitriles is 1. The summed E-state index contributed by atoms with van der Waals surface area (Å²) >= 11 is 0. The van der Waals surface area contributed by atoms with Gasteiger partial charge in [0.25, 0.3) is 0 Å². The Morgan fingerprint density at radius 2 is 2.00 bits per heavy atom. The van der Waals surface area contributed by atoms with E-state index in [1.165, 1.54) is 11.1 Å². The van der Waals surface area contributed by atoms with Crippen molar-refractivity contribution in [1.29, 1.82) is 5.26 Å². The molecule has 2 aromatic carbocycles. The molecule has 1 heterocycles. The summed E-state index contributed by atoms with van der Waals surface area (Å²) in [6.45, 7) is 1.04. The highest BCUT2D eigenvalue weighted by Crippen LogP contribution is 2.49. The molecule has 134 valence electrons. The molecule has 0 amide bonds. The van der Waals surface area contributed by atoms with E-state index >= 15 is 0 Å². The quantitative estimate of drug-likeness (QED) is 0.776. The number of hydrogen-bond acceptors (Lipinski definition) is 4. The zero-order chi connectivity index (χ0) is 18.2. The minimum Gasteiger partial charge on any atom is -0.456 e. The number of nitrogens with zero attached hydrogens (tertiary/aromatic N) is 1. The van der Waals surface area contributed by atoms with Crippen LogP contribution in [0.2, 0.25) is 0 Å². The first-order valence-electron chi connectivity index (χ1n) is 9.22. The third kappa shape index (κ3) is 2.86. The predicted molar refractivity (Wildman–Crippen MR) is 100.0 cm³/mol. The van der Waals surface area contributed by atoms with Gasteiger partial charge in [-0.1, -0.05) is 42.5 Å². The molecule has 0 saturated carbocycles. The molecule has 2 unspecified atom stereocenters. The highest BCUT2D eigenvalue weighted by Gasteiger charge is 2.44. The van der Waals surface area contributed by atoms with Crippen molar-refractivity contribution in [3.8, 4) is 17.6 Å². The Bertz CT molecular complexity index is 971. The topological polar surface area (TPSA) is 51.5 Å². The van der Waals surface area contributed by atoms with Crippen molar-refractivity contribution in [2.24, 2.45) is 11.8 Å². The minimum atomic E-state index is -0.301. The van der Waals surface area contributed by atoms with E-state index in [0.29, 0.717) is 35.5 Å².